The third-order valence-corrected chi connectivity index (χ3v) is 3.34. The number of rotatable bonds is 4. The lowest BCUT2D eigenvalue weighted by atomic mass is 9.89. The Labute approximate surface area is 108 Å². The van der Waals surface area contributed by atoms with Crippen LogP contribution in [-0.4, -0.2) is 11.5 Å². The molecular formula is C15H21N3. The van der Waals surface area contributed by atoms with E-state index < -0.39 is 0 Å². The second-order valence-corrected chi connectivity index (χ2v) is 5.36. The number of para-hydroxylation sites is 1. The molecule has 2 rings (SSSR count). The third-order valence-electron chi connectivity index (χ3n) is 3.34. The molecule has 0 spiro atoms. The van der Waals surface area contributed by atoms with Crippen LogP contribution in [-0.2, 0) is 5.41 Å². The standard InChI is InChI=1S/C15H21N3/c1-11-6-4-7-12(16)14(11)18-10-15(2,3)13-8-5-9-17-13/h4-9,17-18H,10,16H2,1-3H3. The van der Waals surface area contributed by atoms with Gasteiger partial charge in [0, 0.05) is 23.9 Å². The highest BCUT2D eigenvalue weighted by atomic mass is 14.9. The van der Waals surface area contributed by atoms with Gasteiger partial charge in [-0.1, -0.05) is 26.0 Å². The Balaban J connectivity index is 2.12. The number of aryl methyl sites for hydroxylation is 1. The summed E-state index contributed by atoms with van der Waals surface area (Å²) in [5.41, 5.74) is 10.3. The quantitative estimate of drug-likeness (QED) is 0.722. The lowest BCUT2D eigenvalue weighted by molar-refractivity contribution is 0.542. The van der Waals surface area contributed by atoms with E-state index in [1.54, 1.807) is 0 Å². The van der Waals surface area contributed by atoms with Gasteiger partial charge in [0.15, 0.2) is 0 Å². The third kappa shape index (κ3) is 2.50. The summed E-state index contributed by atoms with van der Waals surface area (Å²) in [6.45, 7) is 7.32. The molecule has 0 unspecified atom stereocenters. The predicted molar refractivity (Wildman–Crippen MR) is 77.9 cm³/mol. The van der Waals surface area contributed by atoms with Gasteiger partial charge in [-0.25, -0.2) is 0 Å². The van der Waals surface area contributed by atoms with Gasteiger partial charge in [0.05, 0.1) is 11.4 Å². The molecule has 4 N–H and O–H groups in total. The number of anilines is 2. The Morgan fingerprint density at radius 3 is 2.61 bits per heavy atom. The number of nitrogens with two attached hydrogens (primary N) is 1. The minimum atomic E-state index is 0.0399. The zero-order valence-electron chi connectivity index (χ0n) is 11.2. The first-order valence-corrected chi connectivity index (χ1v) is 6.23. The molecule has 0 aliphatic carbocycles. The van der Waals surface area contributed by atoms with Crippen LogP contribution < -0.4 is 11.1 Å². The average molecular weight is 243 g/mol. The number of benzene rings is 1. The van der Waals surface area contributed by atoms with Gasteiger partial charge in [-0.2, -0.15) is 0 Å². The van der Waals surface area contributed by atoms with Crippen LogP contribution in [0.4, 0.5) is 11.4 Å². The molecule has 0 saturated heterocycles. The summed E-state index contributed by atoms with van der Waals surface area (Å²) >= 11 is 0. The zero-order chi connectivity index (χ0) is 13.2. The molecule has 1 aromatic heterocycles. The van der Waals surface area contributed by atoms with Crippen LogP contribution in [0.2, 0.25) is 0 Å². The minimum absolute atomic E-state index is 0.0399. The van der Waals surface area contributed by atoms with E-state index in [0.29, 0.717) is 0 Å². The number of hydrogen-bond donors (Lipinski definition) is 3. The summed E-state index contributed by atoms with van der Waals surface area (Å²) in [5, 5.41) is 3.46. The molecule has 0 aliphatic heterocycles. The maximum absolute atomic E-state index is 6.00. The lowest BCUT2D eigenvalue weighted by Crippen LogP contribution is -2.28. The van der Waals surface area contributed by atoms with Crippen molar-refractivity contribution in [2.45, 2.75) is 26.2 Å². The van der Waals surface area contributed by atoms with E-state index in [-0.39, 0.29) is 5.41 Å². The number of nitrogen functional groups attached to an aromatic ring is 1. The van der Waals surface area contributed by atoms with Crippen molar-refractivity contribution in [1.29, 1.82) is 0 Å². The van der Waals surface area contributed by atoms with Gasteiger partial charge in [0.1, 0.15) is 0 Å². The monoisotopic (exact) mass is 243 g/mol. The largest absolute Gasteiger partial charge is 0.397 e. The van der Waals surface area contributed by atoms with Crippen LogP contribution in [0.25, 0.3) is 0 Å². The van der Waals surface area contributed by atoms with Crippen LogP contribution in [0, 0.1) is 6.92 Å². The van der Waals surface area contributed by atoms with Gasteiger partial charge in [0.25, 0.3) is 0 Å². The smallest absolute Gasteiger partial charge is 0.0603 e. The number of hydrogen-bond acceptors (Lipinski definition) is 2. The number of nitrogens with one attached hydrogen (secondary N) is 2. The minimum Gasteiger partial charge on any atom is -0.397 e. The molecule has 0 fully saturated rings. The van der Waals surface area contributed by atoms with E-state index >= 15 is 0 Å². The van der Waals surface area contributed by atoms with Crippen molar-refractivity contribution in [2.24, 2.45) is 0 Å². The average Bonchev–Trinajstić information content (AvgIpc) is 2.82. The zero-order valence-corrected chi connectivity index (χ0v) is 11.2. The van der Waals surface area contributed by atoms with Crippen molar-refractivity contribution >= 4 is 11.4 Å². The molecular weight excluding hydrogens is 222 g/mol. The summed E-state index contributed by atoms with van der Waals surface area (Å²) in [5.74, 6) is 0. The van der Waals surface area contributed by atoms with Crippen molar-refractivity contribution in [3.05, 3.63) is 47.8 Å². The number of H-pyrrole nitrogens is 1. The topological polar surface area (TPSA) is 53.8 Å². The van der Waals surface area contributed by atoms with E-state index in [4.69, 9.17) is 5.73 Å². The Morgan fingerprint density at radius 2 is 2.00 bits per heavy atom. The predicted octanol–water partition coefficient (Wildman–Crippen LogP) is 3.30. The van der Waals surface area contributed by atoms with E-state index in [1.165, 1.54) is 11.3 Å². The molecule has 0 amide bonds. The van der Waals surface area contributed by atoms with Crippen molar-refractivity contribution in [3.8, 4) is 0 Å². The fourth-order valence-corrected chi connectivity index (χ4v) is 2.09. The first-order valence-electron chi connectivity index (χ1n) is 6.23. The fraction of sp³-hybridized carbons (Fsp3) is 0.333. The van der Waals surface area contributed by atoms with Crippen LogP contribution in [0.3, 0.4) is 0 Å². The molecule has 2 aromatic rings. The molecule has 0 saturated carbocycles. The lowest BCUT2D eigenvalue weighted by Gasteiger charge is -2.25. The van der Waals surface area contributed by atoms with Crippen LogP contribution >= 0.6 is 0 Å². The van der Waals surface area contributed by atoms with Gasteiger partial charge in [-0.05, 0) is 30.7 Å². The van der Waals surface area contributed by atoms with E-state index in [1.807, 2.05) is 24.4 Å². The maximum Gasteiger partial charge on any atom is 0.0603 e. The molecule has 1 heterocycles. The Morgan fingerprint density at radius 1 is 1.22 bits per heavy atom. The summed E-state index contributed by atoms with van der Waals surface area (Å²) in [6, 6.07) is 10.1. The highest BCUT2D eigenvalue weighted by Gasteiger charge is 2.21. The molecule has 0 bridgehead atoms. The molecule has 3 nitrogen and oxygen atoms in total. The molecule has 0 atom stereocenters. The Bertz CT molecular complexity index is 492. The van der Waals surface area contributed by atoms with E-state index in [9.17, 15) is 0 Å². The van der Waals surface area contributed by atoms with Crippen LogP contribution in [0.1, 0.15) is 25.1 Å². The van der Waals surface area contributed by atoms with Crippen LogP contribution in [0.5, 0.6) is 0 Å². The summed E-state index contributed by atoms with van der Waals surface area (Å²) in [7, 11) is 0. The molecule has 18 heavy (non-hydrogen) atoms. The Kier molecular flexibility index (Phi) is 3.32. The fourth-order valence-electron chi connectivity index (χ4n) is 2.09. The highest BCUT2D eigenvalue weighted by Crippen LogP contribution is 2.26. The van der Waals surface area contributed by atoms with Gasteiger partial charge >= 0.3 is 0 Å². The molecule has 3 heteroatoms. The maximum atomic E-state index is 6.00. The molecule has 0 radical (unpaired) electrons. The first-order chi connectivity index (χ1) is 8.50. The summed E-state index contributed by atoms with van der Waals surface area (Å²) in [6.07, 6.45) is 1.96. The van der Waals surface area contributed by atoms with Crippen molar-refractivity contribution < 1.29 is 0 Å². The normalized spacial score (nSPS) is 11.5. The molecule has 96 valence electrons. The van der Waals surface area contributed by atoms with E-state index in [0.717, 1.165) is 17.9 Å². The molecule has 0 aliphatic rings. The van der Waals surface area contributed by atoms with E-state index in [2.05, 4.69) is 43.2 Å². The Hall–Kier alpha value is -1.90. The second-order valence-electron chi connectivity index (χ2n) is 5.36. The highest BCUT2D eigenvalue weighted by molar-refractivity contribution is 5.70. The number of aromatic amines is 1. The summed E-state index contributed by atoms with van der Waals surface area (Å²) in [4.78, 5) is 3.27. The second kappa shape index (κ2) is 4.77. The van der Waals surface area contributed by atoms with Gasteiger partial charge in [-0.15, -0.1) is 0 Å². The summed E-state index contributed by atoms with van der Waals surface area (Å²) < 4.78 is 0. The van der Waals surface area contributed by atoms with Crippen molar-refractivity contribution in [1.82, 2.24) is 4.98 Å². The van der Waals surface area contributed by atoms with Crippen molar-refractivity contribution in [3.63, 3.8) is 0 Å². The first kappa shape index (κ1) is 12.6. The van der Waals surface area contributed by atoms with Gasteiger partial charge in [0.2, 0.25) is 0 Å². The molecule has 1 aromatic carbocycles. The van der Waals surface area contributed by atoms with Crippen molar-refractivity contribution in [2.75, 3.05) is 17.6 Å². The van der Waals surface area contributed by atoms with Crippen LogP contribution in [0.15, 0.2) is 36.5 Å². The number of aromatic nitrogens is 1. The van der Waals surface area contributed by atoms with Gasteiger partial charge in [-0.3, -0.25) is 0 Å². The van der Waals surface area contributed by atoms with Gasteiger partial charge < -0.3 is 16.0 Å². The SMILES string of the molecule is Cc1cccc(N)c1NCC(C)(C)c1ccc[nH]1.